The van der Waals surface area contributed by atoms with Gasteiger partial charge >= 0.3 is 12.0 Å². The van der Waals surface area contributed by atoms with Crippen LogP contribution in [0.5, 0.6) is 0 Å². The molecule has 0 bridgehead atoms. The third kappa shape index (κ3) is 4.75. The number of imide groups is 1. The molecule has 10 heteroatoms. The van der Waals surface area contributed by atoms with Crippen molar-refractivity contribution in [1.29, 1.82) is 0 Å². The second-order valence-electron chi connectivity index (χ2n) is 7.87. The Morgan fingerprint density at radius 2 is 1.82 bits per heavy atom. The van der Waals surface area contributed by atoms with Crippen LogP contribution in [-0.4, -0.2) is 46.7 Å². The fraction of sp³-hybridized carbons (Fsp3) is 0.292. The van der Waals surface area contributed by atoms with Crippen molar-refractivity contribution in [3.8, 4) is 0 Å². The molecular formula is C24H27N5O5. The summed E-state index contributed by atoms with van der Waals surface area (Å²) in [6, 6.07) is 13.7. The second kappa shape index (κ2) is 10.2. The number of hydrogen-bond donors (Lipinski definition) is 2. The van der Waals surface area contributed by atoms with Crippen molar-refractivity contribution < 1.29 is 23.9 Å². The molecular weight excluding hydrogens is 438 g/mol. The van der Waals surface area contributed by atoms with Crippen LogP contribution in [-0.2, 0) is 24.7 Å². The molecule has 2 aromatic rings. The highest BCUT2D eigenvalue weighted by atomic mass is 16.5. The van der Waals surface area contributed by atoms with Gasteiger partial charge in [-0.25, -0.2) is 9.80 Å². The summed E-state index contributed by atoms with van der Waals surface area (Å²) in [7, 11) is 0. The number of amides is 4. The van der Waals surface area contributed by atoms with Gasteiger partial charge < -0.3 is 15.9 Å². The molecule has 1 saturated heterocycles. The molecule has 0 radical (unpaired) electrons. The SMILES string of the molecule is CCOC(=O)C[C@H](c1ccccc1)N(C(C)=O)N1C(=O)N[C@](C)(c2ccc(C=NN)cc2)C1=O. The smallest absolute Gasteiger partial charge is 0.344 e. The van der Waals surface area contributed by atoms with Gasteiger partial charge in [-0.05, 0) is 30.5 Å². The van der Waals surface area contributed by atoms with Gasteiger partial charge in [0.1, 0.15) is 5.54 Å². The van der Waals surface area contributed by atoms with Crippen LogP contribution < -0.4 is 11.2 Å². The number of benzene rings is 2. The van der Waals surface area contributed by atoms with Crippen LogP contribution in [0, 0.1) is 0 Å². The van der Waals surface area contributed by atoms with E-state index in [0.29, 0.717) is 16.7 Å². The Morgan fingerprint density at radius 3 is 2.38 bits per heavy atom. The molecule has 34 heavy (non-hydrogen) atoms. The number of hydrazine groups is 1. The fourth-order valence-electron chi connectivity index (χ4n) is 3.90. The largest absolute Gasteiger partial charge is 0.466 e. The lowest BCUT2D eigenvalue weighted by atomic mass is 9.91. The molecule has 4 amide bonds. The van der Waals surface area contributed by atoms with Gasteiger partial charge in [-0.1, -0.05) is 54.6 Å². The molecule has 3 N–H and O–H groups in total. The summed E-state index contributed by atoms with van der Waals surface area (Å²) in [6.07, 6.45) is 1.21. The van der Waals surface area contributed by atoms with E-state index >= 15 is 0 Å². The first-order chi connectivity index (χ1) is 16.2. The maximum atomic E-state index is 13.6. The monoisotopic (exact) mass is 465 g/mol. The Morgan fingerprint density at radius 1 is 1.18 bits per heavy atom. The van der Waals surface area contributed by atoms with Crippen molar-refractivity contribution >= 4 is 30.0 Å². The van der Waals surface area contributed by atoms with Crippen molar-refractivity contribution in [2.75, 3.05) is 6.61 Å². The van der Waals surface area contributed by atoms with Crippen LogP contribution in [0.4, 0.5) is 4.79 Å². The summed E-state index contributed by atoms with van der Waals surface area (Å²) in [5.74, 6) is 3.38. The van der Waals surface area contributed by atoms with E-state index in [2.05, 4.69) is 10.4 Å². The first-order valence-electron chi connectivity index (χ1n) is 10.7. The number of ether oxygens (including phenoxy) is 1. The van der Waals surface area contributed by atoms with E-state index in [9.17, 15) is 19.2 Å². The summed E-state index contributed by atoms with van der Waals surface area (Å²) in [5.41, 5.74) is 0.361. The van der Waals surface area contributed by atoms with E-state index in [1.54, 1.807) is 68.4 Å². The number of nitrogens with one attached hydrogen (secondary N) is 1. The van der Waals surface area contributed by atoms with Gasteiger partial charge in [0.2, 0.25) is 5.91 Å². The molecule has 0 aliphatic carbocycles. The third-order valence-corrected chi connectivity index (χ3v) is 5.56. The van der Waals surface area contributed by atoms with Crippen molar-refractivity contribution in [3.05, 3.63) is 71.3 Å². The molecule has 1 fully saturated rings. The lowest BCUT2D eigenvalue weighted by Crippen LogP contribution is -2.52. The standard InChI is InChI=1S/C24H27N5O5/c1-4-34-21(31)14-20(18-8-6-5-7-9-18)28(16(2)30)29-22(32)24(3,27-23(29)33)19-12-10-17(11-13-19)15-26-25/h5-13,15,20H,4,14,25H2,1-3H3,(H,27,33)/t20-,24-/m1/s1. The normalized spacial score (nSPS) is 18.6. The number of urea groups is 1. The molecule has 1 aliphatic heterocycles. The molecule has 3 rings (SSSR count). The molecule has 10 nitrogen and oxygen atoms in total. The molecule has 0 spiro atoms. The van der Waals surface area contributed by atoms with Gasteiger partial charge in [0.25, 0.3) is 5.91 Å². The molecule has 0 aromatic heterocycles. The minimum atomic E-state index is -1.44. The Labute approximate surface area is 197 Å². The van der Waals surface area contributed by atoms with Gasteiger partial charge in [-0.15, -0.1) is 0 Å². The molecule has 178 valence electrons. The number of hydrazone groups is 1. The summed E-state index contributed by atoms with van der Waals surface area (Å²) < 4.78 is 5.08. The highest BCUT2D eigenvalue weighted by Crippen LogP contribution is 2.34. The lowest BCUT2D eigenvalue weighted by molar-refractivity contribution is -0.163. The Hall–Kier alpha value is -4.21. The van der Waals surface area contributed by atoms with Gasteiger partial charge in [0.15, 0.2) is 0 Å². The second-order valence-corrected chi connectivity index (χ2v) is 7.87. The van der Waals surface area contributed by atoms with E-state index in [1.807, 2.05) is 0 Å². The maximum absolute atomic E-state index is 13.6. The Kier molecular flexibility index (Phi) is 7.30. The highest BCUT2D eigenvalue weighted by Gasteiger charge is 2.53. The van der Waals surface area contributed by atoms with Crippen LogP contribution >= 0.6 is 0 Å². The van der Waals surface area contributed by atoms with E-state index in [4.69, 9.17) is 10.6 Å². The molecule has 2 atom stereocenters. The number of carbonyl (C=O) groups excluding carboxylic acids is 4. The number of carbonyl (C=O) groups is 4. The van der Waals surface area contributed by atoms with E-state index in [1.165, 1.54) is 13.1 Å². The Balaban J connectivity index is 2.02. The van der Waals surface area contributed by atoms with Gasteiger partial charge in [0, 0.05) is 6.92 Å². The van der Waals surface area contributed by atoms with Crippen molar-refractivity contribution in [2.45, 2.75) is 38.8 Å². The zero-order valence-corrected chi connectivity index (χ0v) is 19.2. The highest BCUT2D eigenvalue weighted by molar-refractivity contribution is 6.08. The predicted octanol–water partition coefficient (Wildman–Crippen LogP) is 2.20. The van der Waals surface area contributed by atoms with Crippen LogP contribution in [0.1, 0.15) is 49.9 Å². The number of nitrogens with two attached hydrogens (primary N) is 1. The van der Waals surface area contributed by atoms with Crippen LogP contribution in [0.15, 0.2) is 59.7 Å². The van der Waals surface area contributed by atoms with Crippen LogP contribution in [0.3, 0.4) is 0 Å². The van der Waals surface area contributed by atoms with Gasteiger partial charge in [-0.3, -0.25) is 14.4 Å². The molecule has 0 unspecified atom stereocenters. The number of rotatable bonds is 8. The maximum Gasteiger partial charge on any atom is 0.344 e. The van der Waals surface area contributed by atoms with Gasteiger partial charge in [-0.2, -0.15) is 10.1 Å². The summed E-state index contributed by atoms with van der Waals surface area (Å²) in [6.45, 7) is 4.62. The first-order valence-corrected chi connectivity index (χ1v) is 10.7. The number of nitrogens with zero attached hydrogens (tertiary/aromatic N) is 3. The van der Waals surface area contributed by atoms with E-state index in [-0.39, 0.29) is 13.0 Å². The molecule has 1 heterocycles. The minimum absolute atomic E-state index is 0.159. The molecule has 2 aromatic carbocycles. The van der Waals surface area contributed by atoms with E-state index < -0.39 is 35.4 Å². The molecule has 1 aliphatic rings. The van der Waals surface area contributed by atoms with E-state index in [0.717, 1.165) is 10.0 Å². The van der Waals surface area contributed by atoms with Crippen LogP contribution in [0.2, 0.25) is 0 Å². The summed E-state index contributed by atoms with van der Waals surface area (Å²) in [4.78, 5) is 51.9. The number of esters is 1. The summed E-state index contributed by atoms with van der Waals surface area (Å²) in [5, 5.41) is 7.94. The minimum Gasteiger partial charge on any atom is -0.466 e. The van der Waals surface area contributed by atoms with Crippen molar-refractivity contribution in [2.24, 2.45) is 10.9 Å². The zero-order valence-electron chi connectivity index (χ0n) is 19.2. The predicted molar refractivity (Wildman–Crippen MR) is 124 cm³/mol. The Bertz CT molecular complexity index is 1100. The fourth-order valence-corrected chi connectivity index (χ4v) is 3.90. The summed E-state index contributed by atoms with van der Waals surface area (Å²) >= 11 is 0. The average molecular weight is 466 g/mol. The topological polar surface area (TPSA) is 134 Å². The van der Waals surface area contributed by atoms with Crippen molar-refractivity contribution in [1.82, 2.24) is 15.3 Å². The lowest BCUT2D eigenvalue weighted by Gasteiger charge is -2.36. The van der Waals surface area contributed by atoms with Gasteiger partial charge in [0.05, 0.1) is 25.3 Å². The van der Waals surface area contributed by atoms with Crippen LogP contribution in [0.25, 0.3) is 0 Å². The zero-order chi connectivity index (χ0) is 24.9. The molecule has 0 saturated carbocycles. The number of hydrogen-bond acceptors (Lipinski definition) is 7. The third-order valence-electron chi connectivity index (χ3n) is 5.56. The first kappa shape index (κ1) is 24.4. The average Bonchev–Trinajstić information content (AvgIpc) is 3.04. The van der Waals surface area contributed by atoms with Crippen molar-refractivity contribution in [3.63, 3.8) is 0 Å². The quantitative estimate of drug-likeness (QED) is 0.202.